The Labute approximate surface area is 117 Å². The van der Waals surface area contributed by atoms with Gasteiger partial charge in [-0.2, -0.15) is 0 Å². The van der Waals surface area contributed by atoms with Crippen LogP contribution in [0.3, 0.4) is 0 Å². The van der Waals surface area contributed by atoms with Crippen molar-refractivity contribution in [1.82, 2.24) is 4.90 Å². The topological polar surface area (TPSA) is 55.8 Å². The summed E-state index contributed by atoms with van der Waals surface area (Å²) < 4.78 is 10.7. The van der Waals surface area contributed by atoms with Crippen molar-refractivity contribution in [3.8, 4) is 0 Å². The zero-order valence-electron chi connectivity index (χ0n) is 11.3. The maximum atomic E-state index is 12.0. The second-order valence-corrected chi connectivity index (χ2v) is 5.25. The predicted octanol–water partition coefficient (Wildman–Crippen LogP) is 2.10. The van der Waals surface area contributed by atoms with Crippen LogP contribution in [0.5, 0.6) is 0 Å². The van der Waals surface area contributed by atoms with Gasteiger partial charge in [-0.05, 0) is 18.4 Å². The molecule has 1 saturated heterocycles. The molecule has 0 N–H and O–H groups in total. The molecule has 0 aromatic heterocycles. The molecule has 1 heterocycles. The van der Waals surface area contributed by atoms with E-state index in [1.807, 2.05) is 30.3 Å². The minimum absolute atomic E-state index is 0.157. The lowest BCUT2D eigenvalue weighted by Gasteiger charge is -2.25. The number of hydrogen-bond donors (Lipinski definition) is 0. The van der Waals surface area contributed by atoms with Gasteiger partial charge >= 0.3 is 12.1 Å². The monoisotopic (exact) mass is 275 g/mol. The van der Waals surface area contributed by atoms with E-state index in [1.54, 1.807) is 4.90 Å². The molecule has 1 saturated carbocycles. The predicted molar refractivity (Wildman–Crippen MR) is 70.8 cm³/mol. The minimum atomic E-state index is -0.319. The molecule has 106 valence electrons. The Bertz CT molecular complexity index is 516. The number of esters is 1. The van der Waals surface area contributed by atoms with Crippen LogP contribution in [0.2, 0.25) is 0 Å². The number of benzene rings is 1. The largest absolute Gasteiger partial charge is 0.460 e. The number of carbonyl (C=O) groups is 2. The second-order valence-electron chi connectivity index (χ2n) is 5.25. The van der Waals surface area contributed by atoms with Gasteiger partial charge in [0, 0.05) is 13.5 Å². The fourth-order valence-corrected chi connectivity index (χ4v) is 3.05. The average Bonchev–Trinajstić information content (AvgIpc) is 2.92. The molecule has 3 atom stereocenters. The molecule has 0 spiro atoms. The van der Waals surface area contributed by atoms with Gasteiger partial charge in [-0.25, -0.2) is 4.79 Å². The Kier molecular flexibility index (Phi) is 3.34. The van der Waals surface area contributed by atoms with E-state index in [0.29, 0.717) is 6.54 Å². The molecule has 1 aromatic carbocycles. The van der Waals surface area contributed by atoms with Crippen LogP contribution in [0, 0.1) is 0 Å². The van der Waals surface area contributed by atoms with Crippen LogP contribution in [0.1, 0.15) is 25.3 Å². The number of fused-ring (bicyclic) bond motifs is 1. The van der Waals surface area contributed by atoms with E-state index >= 15 is 0 Å². The van der Waals surface area contributed by atoms with E-state index in [4.69, 9.17) is 9.47 Å². The van der Waals surface area contributed by atoms with Gasteiger partial charge in [0.1, 0.15) is 18.2 Å². The molecule has 0 bridgehead atoms. The molecule has 5 nitrogen and oxygen atoms in total. The maximum Gasteiger partial charge on any atom is 0.410 e. The number of nitrogens with zero attached hydrogens (tertiary/aromatic N) is 1. The molecule has 1 aromatic rings. The van der Waals surface area contributed by atoms with Crippen molar-refractivity contribution in [3.05, 3.63) is 35.9 Å². The first kappa shape index (κ1) is 13.0. The quantitative estimate of drug-likeness (QED) is 0.793. The van der Waals surface area contributed by atoms with Gasteiger partial charge in [0.25, 0.3) is 0 Å². The third-order valence-corrected chi connectivity index (χ3v) is 3.86. The third kappa shape index (κ3) is 2.35. The Morgan fingerprint density at radius 1 is 1.35 bits per heavy atom. The highest BCUT2D eigenvalue weighted by atomic mass is 16.6. The number of amides is 1. The van der Waals surface area contributed by atoms with E-state index in [1.165, 1.54) is 6.92 Å². The summed E-state index contributed by atoms with van der Waals surface area (Å²) >= 11 is 0. The van der Waals surface area contributed by atoms with Crippen molar-refractivity contribution >= 4 is 12.1 Å². The highest BCUT2D eigenvalue weighted by Crippen LogP contribution is 2.36. The van der Waals surface area contributed by atoms with Crippen LogP contribution in [-0.4, -0.2) is 35.2 Å². The zero-order valence-corrected chi connectivity index (χ0v) is 11.3. The van der Waals surface area contributed by atoms with E-state index in [9.17, 15) is 9.59 Å². The first-order valence-electron chi connectivity index (χ1n) is 6.83. The van der Waals surface area contributed by atoms with Gasteiger partial charge in [0.05, 0.1) is 0 Å². The molecule has 0 unspecified atom stereocenters. The molecule has 1 amide bonds. The van der Waals surface area contributed by atoms with Crippen molar-refractivity contribution in [1.29, 1.82) is 0 Å². The molecule has 5 heteroatoms. The van der Waals surface area contributed by atoms with Gasteiger partial charge in [0.2, 0.25) is 0 Å². The lowest BCUT2D eigenvalue weighted by Crippen LogP contribution is -2.42. The van der Waals surface area contributed by atoms with Gasteiger partial charge < -0.3 is 9.47 Å². The number of hydrogen-bond acceptors (Lipinski definition) is 4. The Morgan fingerprint density at radius 3 is 2.80 bits per heavy atom. The zero-order chi connectivity index (χ0) is 14.1. The summed E-state index contributed by atoms with van der Waals surface area (Å²) in [5, 5.41) is 0. The minimum Gasteiger partial charge on any atom is -0.460 e. The van der Waals surface area contributed by atoms with E-state index in [-0.39, 0.29) is 30.3 Å². The fraction of sp³-hybridized carbons (Fsp3) is 0.467. The lowest BCUT2D eigenvalue weighted by molar-refractivity contribution is -0.148. The lowest BCUT2D eigenvalue weighted by atomic mass is 10.1. The van der Waals surface area contributed by atoms with E-state index in [0.717, 1.165) is 18.4 Å². The van der Waals surface area contributed by atoms with Gasteiger partial charge in [-0.15, -0.1) is 0 Å². The molecule has 0 radical (unpaired) electrons. The van der Waals surface area contributed by atoms with Gasteiger partial charge in [0.15, 0.2) is 0 Å². The van der Waals surface area contributed by atoms with E-state index in [2.05, 4.69) is 0 Å². The summed E-state index contributed by atoms with van der Waals surface area (Å²) in [6, 6.07) is 9.59. The first-order valence-corrected chi connectivity index (χ1v) is 6.83. The van der Waals surface area contributed by atoms with Crippen LogP contribution < -0.4 is 0 Å². The summed E-state index contributed by atoms with van der Waals surface area (Å²) in [4.78, 5) is 24.8. The smallest absolute Gasteiger partial charge is 0.410 e. The molecule has 1 aliphatic heterocycles. The molecule has 1 aliphatic carbocycles. The summed E-state index contributed by atoms with van der Waals surface area (Å²) in [6.07, 6.45) is 0.761. The van der Waals surface area contributed by atoms with Gasteiger partial charge in [-0.1, -0.05) is 30.3 Å². The van der Waals surface area contributed by atoms with Crippen molar-refractivity contribution in [2.24, 2.45) is 0 Å². The molecule has 2 aliphatic rings. The maximum absolute atomic E-state index is 12.0. The van der Waals surface area contributed by atoms with Crippen LogP contribution >= 0.6 is 0 Å². The standard InChI is InChI=1S/C15H17NO4/c1-10(17)19-12-7-8-13-14(12)16(15(18)20-13)9-11-5-3-2-4-6-11/h2-6,12-14H,7-9H2,1H3/t12-,13-,14+/m1/s1. The third-order valence-electron chi connectivity index (χ3n) is 3.86. The SMILES string of the molecule is CC(=O)O[C@@H]1CC[C@H]2OC(=O)N(Cc3ccccc3)[C@@H]12. The van der Waals surface area contributed by atoms with Crippen LogP contribution in [-0.2, 0) is 20.8 Å². The van der Waals surface area contributed by atoms with Gasteiger partial charge in [-0.3, -0.25) is 9.69 Å². The number of carbonyl (C=O) groups excluding carboxylic acids is 2. The highest BCUT2D eigenvalue weighted by molar-refractivity contribution is 5.72. The summed E-state index contributed by atoms with van der Waals surface area (Å²) in [5.74, 6) is -0.310. The normalized spacial score (nSPS) is 28.1. The van der Waals surface area contributed by atoms with Crippen LogP contribution in [0.15, 0.2) is 30.3 Å². The molecule has 20 heavy (non-hydrogen) atoms. The summed E-state index contributed by atoms with van der Waals surface area (Å²) in [7, 11) is 0. The second kappa shape index (κ2) is 5.15. The molecule has 2 fully saturated rings. The Hall–Kier alpha value is -2.04. The van der Waals surface area contributed by atoms with Crippen LogP contribution in [0.25, 0.3) is 0 Å². The molecule has 3 rings (SSSR count). The number of ether oxygens (including phenoxy) is 2. The average molecular weight is 275 g/mol. The van der Waals surface area contributed by atoms with E-state index < -0.39 is 0 Å². The van der Waals surface area contributed by atoms with Crippen LogP contribution in [0.4, 0.5) is 4.79 Å². The van der Waals surface area contributed by atoms with Crippen molar-refractivity contribution in [2.45, 2.75) is 44.6 Å². The first-order chi connectivity index (χ1) is 9.65. The van der Waals surface area contributed by atoms with Crippen molar-refractivity contribution in [2.75, 3.05) is 0 Å². The fourth-order valence-electron chi connectivity index (χ4n) is 3.05. The highest BCUT2D eigenvalue weighted by Gasteiger charge is 2.51. The van der Waals surface area contributed by atoms with Crippen molar-refractivity contribution in [3.63, 3.8) is 0 Å². The molecular formula is C15H17NO4. The summed E-state index contributed by atoms with van der Waals surface area (Å²) in [5.41, 5.74) is 1.04. The Balaban J connectivity index is 1.78. The Morgan fingerprint density at radius 2 is 2.10 bits per heavy atom. The molecular weight excluding hydrogens is 258 g/mol. The summed E-state index contributed by atoms with van der Waals surface area (Å²) in [6.45, 7) is 1.88. The number of rotatable bonds is 3. The van der Waals surface area contributed by atoms with Crippen molar-refractivity contribution < 1.29 is 19.1 Å².